The number of esters is 1. The smallest absolute Gasteiger partial charge is 0.375 e. The van der Waals surface area contributed by atoms with Gasteiger partial charge in [-0.1, -0.05) is 58.4 Å². The van der Waals surface area contributed by atoms with Crippen LogP contribution in [0.15, 0.2) is 81.7 Å². The number of anilines is 1. The molecule has 0 aliphatic carbocycles. The molecule has 6 nitrogen and oxygen atoms in total. The second kappa shape index (κ2) is 9.92. The summed E-state index contributed by atoms with van der Waals surface area (Å²) in [6, 6.07) is 21.4. The molecule has 1 amide bonds. The molecular weight excluding hydrogens is 486 g/mol. The highest BCUT2D eigenvalue weighted by Gasteiger charge is 2.29. The van der Waals surface area contributed by atoms with Crippen molar-refractivity contribution >= 4 is 44.5 Å². The zero-order valence-electron chi connectivity index (χ0n) is 18.1. The summed E-state index contributed by atoms with van der Waals surface area (Å²) < 4.78 is 17.9. The summed E-state index contributed by atoms with van der Waals surface area (Å²) in [4.78, 5) is 26.4. The summed E-state index contributed by atoms with van der Waals surface area (Å²) in [5.41, 5.74) is 2.24. The lowest BCUT2D eigenvalue weighted by atomic mass is 10.1. The van der Waals surface area contributed by atoms with Crippen molar-refractivity contribution in [2.75, 3.05) is 11.9 Å². The number of furan rings is 1. The molecule has 0 aliphatic rings. The van der Waals surface area contributed by atoms with Gasteiger partial charge in [-0.3, -0.25) is 4.79 Å². The lowest BCUT2D eigenvalue weighted by molar-refractivity contribution is -0.125. The number of nitrogens with one attached hydrogen (secondary N) is 1. The summed E-state index contributed by atoms with van der Waals surface area (Å²) in [5.74, 6) is -0.628. The highest BCUT2D eigenvalue weighted by Crippen LogP contribution is 2.31. The molecule has 1 aromatic heterocycles. The zero-order chi connectivity index (χ0) is 23.4. The van der Waals surface area contributed by atoms with Crippen LogP contribution < -0.4 is 10.1 Å². The average molecular weight is 508 g/mol. The highest BCUT2D eigenvalue weighted by molar-refractivity contribution is 9.10. The van der Waals surface area contributed by atoms with Gasteiger partial charge in [0.1, 0.15) is 11.3 Å². The van der Waals surface area contributed by atoms with Crippen LogP contribution in [0.2, 0.25) is 0 Å². The summed E-state index contributed by atoms with van der Waals surface area (Å²) in [7, 11) is 0. The Kier molecular flexibility index (Phi) is 6.79. The van der Waals surface area contributed by atoms with Crippen molar-refractivity contribution in [1.29, 1.82) is 0 Å². The van der Waals surface area contributed by atoms with Crippen molar-refractivity contribution in [3.8, 4) is 5.75 Å². The zero-order valence-corrected chi connectivity index (χ0v) is 19.7. The molecule has 0 fully saturated rings. The molecule has 0 aliphatic heterocycles. The van der Waals surface area contributed by atoms with Crippen LogP contribution in [-0.4, -0.2) is 18.5 Å². The van der Waals surface area contributed by atoms with Crippen molar-refractivity contribution in [2.24, 2.45) is 0 Å². The number of ether oxygens (including phenoxy) is 2. The predicted octanol–water partition coefficient (Wildman–Crippen LogP) is 6.44. The second-order valence-corrected chi connectivity index (χ2v) is 8.23. The van der Waals surface area contributed by atoms with E-state index in [4.69, 9.17) is 13.9 Å². The minimum atomic E-state index is -1.19. The van der Waals surface area contributed by atoms with Gasteiger partial charge in [-0.2, -0.15) is 0 Å². The molecule has 1 heterocycles. The van der Waals surface area contributed by atoms with Gasteiger partial charge in [0, 0.05) is 21.0 Å². The number of carbonyl (C=O) groups excluding carboxylic acids is 2. The van der Waals surface area contributed by atoms with E-state index in [1.165, 1.54) is 0 Å². The van der Waals surface area contributed by atoms with Gasteiger partial charge in [-0.25, -0.2) is 4.79 Å². The van der Waals surface area contributed by atoms with Crippen LogP contribution in [0.25, 0.3) is 11.0 Å². The van der Waals surface area contributed by atoms with Gasteiger partial charge < -0.3 is 19.2 Å². The number of halogens is 1. The SMILES string of the molecule is CCOc1ccccc1NC(=O)C(OC(=O)c1oc2ccc(Br)cc2c1C)c1ccccc1. The normalized spacial score (nSPS) is 11.7. The van der Waals surface area contributed by atoms with Crippen LogP contribution in [0.4, 0.5) is 5.69 Å². The fourth-order valence-corrected chi connectivity index (χ4v) is 3.86. The molecule has 168 valence electrons. The molecule has 0 saturated carbocycles. The highest BCUT2D eigenvalue weighted by atomic mass is 79.9. The Morgan fingerprint density at radius 2 is 1.76 bits per heavy atom. The van der Waals surface area contributed by atoms with E-state index in [0.29, 0.717) is 34.8 Å². The van der Waals surface area contributed by atoms with Crippen molar-refractivity contribution < 1.29 is 23.5 Å². The molecule has 7 heteroatoms. The van der Waals surface area contributed by atoms with E-state index in [9.17, 15) is 9.59 Å². The minimum absolute atomic E-state index is 0.0616. The summed E-state index contributed by atoms with van der Waals surface area (Å²) in [6.07, 6.45) is -1.19. The third kappa shape index (κ3) is 4.93. The van der Waals surface area contributed by atoms with E-state index in [0.717, 1.165) is 9.86 Å². The van der Waals surface area contributed by atoms with E-state index in [-0.39, 0.29) is 5.76 Å². The third-order valence-electron chi connectivity index (χ3n) is 5.09. The number of fused-ring (bicyclic) bond motifs is 1. The van der Waals surface area contributed by atoms with Crippen molar-refractivity contribution in [2.45, 2.75) is 20.0 Å². The first-order valence-corrected chi connectivity index (χ1v) is 11.2. The maximum atomic E-state index is 13.3. The number of para-hydroxylation sites is 2. The predicted molar refractivity (Wildman–Crippen MR) is 129 cm³/mol. The molecule has 0 spiro atoms. The number of amides is 1. The van der Waals surface area contributed by atoms with E-state index in [1.54, 1.807) is 55.5 Å². The molecule has 0 radical (unpaired) electrons. The number of hydrogen-bond donors (Lipinski definition) is 1. The molecule has 0 bridgehead atoms. The van der Waals surface area contributed by atoms with Gasteiger partial charge in [0.05, 0.1) is 12.3 Å². The molecule has 1 atom stereocenters. The lowest BCUT2D eigenvalue weighted by Crippen LogP contribution is -2.26. The van der Waals surface area contributed by atoms with Crippen molar-refractivity contribution in [3.63, 3.8) is 0 Å². The molecule has 4 aromatic rings. The molecule has 1 unspecified atom stereocenters. The summed E-state index contributed by atoms with van der Waals surface area (Å²) in [5, 5.41) is 3.62. The van der Waals surface area contributed by atoms with Gasteiger partial charge in [0.25, 0.3) is 5.91 Å². The van der Waals surface area contributed by atoms with Crippen molar-refractivity contribution in [1.82, 2.24) is 0 Å². The maximum Gasteiger partial charge on any atom is 0.375 e. The minimum Gasteiger partial charge on any atom is -0.492 e. The first-order valence-electron chi connectivity index (χ1n) is 10.4. The Balaban J connectivity index is 1.64. The first kappa shape index (κ1) is 22.6. The van der Waals surface area contributed by atoms with Gasteiger partial charge >= 0.3 is 5.97 Å². The molecule has 4 rings (SSSR count). The standard InChI is InChI=1S/C26H22BrNO5/c1-3-31-22-12-8-7-11-20(22)28-25(29)24(17-9-5-4-6-10-17)33-26(30)23-16(2)19-15-18(27)13-14-21(19)32-23/h4-15,24H,3H2,1-2H3,(H,28,29). The molecule has 1 N–H and O–H groups in total. The van der Waals surface area contributed by atoms with Gasteiger partial charge in [-0.15, -0.1) is 0 Å². The Labute approximate surface area is 199 Å². The average Bonchev–Trinajstić information content (AvgIpc) is 3.15. The van der Waals surface area contributed by atoms with Gasteiger partial charge in [0.2, 0.25) is 11.9 Å². The van der Waals surface area contributed by atoms with E-state index in [1.807, 2.05) is 31.2 Å². The van der Waals surface area contributed by atoms with E-state index < -0.39 is 18.0 Å². The van der Waals surface area contributed by atoms with Crippen LogP contribution >= 0.6 is 15.9 Å². The topological polar surface area (TPSA) is 77.8 Å². The van der Waals surface area contributed by atoms with Gasteiger partial charge in [0.15, 0.2) is 0 Å². The molecule has 0 saturated heterocycles. The second-order valence-electron chi connectivity index (χ2n) is 7.31. The van der Waals surface area contributed by atoms with Crippen LogP contribution in [0.3, 0.4) is 0 Å². The number of hydrogen-bond acceptors (Lipinski definition) is 5. The van der Waals surface area contributed by atoms with Gasteiger partial charge in [-0.05, 0) is 44.2 Å². The Morgan fingerprint density at radius 3 is 2.52 bits per heavy atom. The number of benzene rings is 3. The van der Waals surface area contributed by atoms with Crippen LogP contribution in [0.1, 0.15) is 34.7 Å². The largest absolute Gasteiger partial charge is 0.492 e. The maximum absolute atomic E-state index is 13.3. The van der Waals surface area contributed by atoms with Crippen LogP contribution in [-0.2, 0) is 9.53 Å². The van der Waals surface area contributed by atoms with Crippen molar-refractivity contribution in [3.05, 3.63) is 94.2 Å². The van der Waals surface area contributed by atoms with E-state index >= 15 is 0 Å². The third-order valence-corrected chi connectivity index (χ3v) is 5.59. The Bertz CT molecular complexity index is 1300. The lowest BCUT2D eigenvalue weighted by Gasteiger charge is -2.19. The van der Waals surface area contributed by atoms with Crippen LogP contribution in [0, 0.1) is 6.92 Å². The van der Waals surface area contributed by atoms with Crippen LogP contribution in [0.5, 0.6) is 5.75 Å². The number of carbonyl (C=O) groups is 2. The fraction of sp³-hybridized carbons (Fsp3) is 0.154. The fourth-order valence-electron chi connectivity index (χ4n) is 3.50. The molecule has 33 heavy (non-hydrogen) atoms. The number of rotatable bonds is 7. The monoisotopic (exact) mass is 507 g/mol. The summed E-state index contributed by atoms with van der Waals surface area (Å²) >= 11 is 3.43. The summed E-state index contributed by atoms with van der Waals surface area (Å²) in [6.45, 7) is 4.09. The van der Waals surface area contributed by atoms with E-state index in [2.05, 4.69) is 21.2 Å². The first-order chi connectivity index (χ1) is 16.0. The Hall–Kier alpha value is -3.58. The number of aryl methyl sites for hydroxylation is 1. The molecule has 3 aromatic carbocycles. The quantitative estimate of drug-likeness (QED) is 0.291. The Morgan fingerprint density at radius 1 is 1.03 bits per heavy atom. The molecular formula is C26H22BrNO5.